The third-order valence-electron chi connectivity index (χ3n) is 3.44. The summed E-state index contributed by atoms with van der Waals surface area (Å²) in [5.41, 5.74) is 1.73. The molecule has 0 saturated heterocycles. The van der Waals surface area contributed by atoms with Crippen LogP contribution in [0.3, 0.4) is 0 Å². The van der Waals surface area contributed by atoms with Gasteiger partial charge in [-0.2, -0.15) is 0 Å². The molecule has 0 unspecified atom stereocenters. The zero-order valence-electron chi connectivity index (χ0n) is 14.7. The summed E-state index contributed by atoms with van der Waals surface area (Å²) >= 11 is 1.64. The highest BCUT2D eigenvalue weighted by Crippen LogP contribution is 2.23. The number of aromatic nitrogens is 1. The standard InChI is InChI=1S/C18H25FN4S/c1-5-20-17(21-10-13-8-6-7-9-14(13)19)22-11-16-23-15(12-24-16)18(2,3)4/h6-9,12H,5,10-11H2,1-4H3,(H2,20,21,22). The second-order valence-electron chi connectivity index (χ2n) is 6.52. The smallest absolute Gasteiger partial charge is 0.191 e. The molecule has 0 aliphatic heterocycles. The van der Waals surface area contributed by atoms with E-state index in [1.165, 1.54) is 6.07 Å². The Balaban J connectivity index is 1.99. The second-order valence-corrected chi connectivity index (χ2v) is 7.46. The van der Waals surface area contributed by atoms with Crippen molar-refractivity contribution < 1.29 is 4.39 Å². The van der Waals surface area contributed by atoms with Gasteiger partial charge in [0, 0.05) is 22.9 Å². The van der Waals surface area contributed by atoms with Crippen molar-refractivity contribution in [3.05, 3.63) is 51.7 Å². The van der Waals surface area contributed by atoms with E-state index in [0.29, 0.717) is 24.6 Å². The highest BCUT2D eigenvalue weighted by atomic mass is 32.1. The molecule has 24 heavy (non-hydrogen) atoms. The van der Waals surface area contributed by atoms with Gasteiger partial charge in [-0.25, -0.2) is 14.4 Å². The van der Waals surface area contributed by atoms with Crippen LogP contribution in [0.4, 0.5) is 4.39 Å². The molecule has 0 aliphatic rings. The number of thiazole rings is 1. The topological polar surface area (TPSA) is 49.3 Å². The number of hydrogen-bond donors (Lipinski definition) is 2. The third kappa shape index (κ3) is 5.30. The van der Waals surface area contributed by atoms with Crippen molar-refractivity contribution in [1.82, 2.24) is 15.6 Å². The fourth-order valence-electron chi connectivity index (χ4n) is 2.03. The van der Waals surface area contributed by atoms with Gasteiger partial charge in [-0.05, 0) is 13.0 Å². The summed E-state index contributed by atoms with van der Waals surface area (Å²) in [6, 6.07) is 6.70. The van der Waals surface area contributed by atoms with Crippen molar-refractivity contribution in [2.45, 2.75) is 46.2 Å². The predicted molar refractivity (Wildman–Crippen MR) is 98.9 cm³/mol. The lowest BCUT2D eigenvalue weighted by atomic mass is 9.93. The van der Waals surface area contributed by atoms with Gasteiger partial charge < -0.3 is 10.6 Å². The molecule has 1 aromatic carbocycles. The maximum atomic E-state index is 13.7. The second kappa shape index (κ2) is 8.24. The minimum atomic E-state index is -0.230. The number of halogens is 1. The Hall–Kier alpha value is -1.95. The van der Waals surface area contributed by atoms with Crippen molar-refractivity contribution in [3.8, 4) is 0 Å². The van der Waals surface area contributed by atoms with Gasteiger partial charge in [-0.15, -0.1) is 11.3 Å². The molecule has 2 rings (SSSR count). The maximum absolute atomic E-state index is 13.7. The Bertz CT molecular complexity index is 688. The molecule has 0 amide bonds. The molecule has 0 aliphatic carbocycles. The molecule has 2 aromatic rings. The average molecular weight is 348 g/mol. The van der Waals surface area contributed by atoms with Crippen LogP contribution in [0.25, 0.3) is 0 Å². The minimum Gasteiger partial charge on any atom is -0.357 e. The number of hydrogen-bond acceptors (Lipinski definition) is 3. The molecule has 0 spiro atoms. The molecule has 6 heteroatoms. The van der Waals surface area contributed by atoms with Gasteiger partial charge in [-0.3, -0.25) is 0 Å². The Morgan fingerprint density at radius 3 is 2.62 bits per heavy atom. The fraction of sp³-hybridized carbons (Fsp3) is 0.444. The molecule has 0 atom stereocenters. The van der Waals surface area contributed by atoms with Gasteiger partial charge in [0.15, 0.2) is 5.96 Å². The summed E-state index contributed by atoms with van der Waals surface area (Å²) in [5, 5.41) is 9.54. The number of aliphatic imine (C=N–C) groups is 1. The van der Waals surface area contributed by atoms with Crippen LogP contribution in [0.2, 0.25) is 0 Å². The van der Waals surface area contributed by atoms with Crippen LogP contribution in [0.1, 0.15) is 44.0 Å². The highest BCUT2D eigenvalue weighted by Gasteiger charge is 2.17. The van der Waals surface area contributed by atoms with E-state index in [1.807, 2.05) is 13.0 Å². The van der Waals surface area contributed by atoms with Crippen LogP contribution >= 0.6 is 11.3 Å². The zero-order chi connectivity index (χ0) is 17.6. The number of nitrogens with one attached hydrogen (secondary N) is 2. The van der Waals surface area contributed by atoms with Gasteiger partial charge in [0.2, 0.25) is 0 Å². The number of nitrogens with zero attached hydrogens (tertiary/aromatic N) is 2. The van der Waals surface area contributed by atoms with E-state index in [4.69, 9.17) is 0 Å². The van der Waals surface area contributed by atoms with Gasteiger partial charge in [0.25, 0.3) is 0 Å². The molecule has 0 radical (unpaired) electrons. The molecule has 2 N–H and O–H groups in total. The summed E-state index contributed by atoms with van der Waals surface area (Å²) < 4.78 is 13.7. The molecule has 1 aromatic heterocycles. The molecule has 0 saturated carbocycles. The molecule has 1 heterocycles. The Morgan fingerprint density at radius 1 is 1.25 bits per heavy atom. The van der Waals surface area contributed by atoms with Crippen molar-refractivity contribution >= 4 is 17.3 Å². The quantitative estimate of drug-likeness (QED) is 0.638. The average Bonchev–Trinajstić information content (AvgIpc) is 3.00. The number of rotatable bonds is 5. The van der Waals surface area contributed by atoms with Gasteiger partial charge in [-0.1, -0.05) is 39.0 Å². The largest absolute Gasteiger partial charge is 0.357 e. The SMILES string of the molecule is CCNC(=NCc1ccccc1F)NCc1nc(C(C)(C)C)cs1. The van der Waals surface area contributed by atoms with Crippen LogP contribution < -0.4 is 10.6 Å². The van der Waals surface area contributed by atoms with E-state index in [2.05, 4.69) is 46.8 Å². The normalized spacial score (nSPS) is 12.3. The Labute approximate surface area is 147 Å². The molecular formula is C18H25FN4S. The van der Waals surface area contributed by atoms with E-state index in [0.717, 1.165) is 17.2 Å². The van der Waals surface area contributed by atoms with Crippen LogP contribution in [0.5, 0.6) is 0 Å². The number of benzene rings is 1. The van der Waals surface area contributed by atoms with Crippen molar-refractivity contribution in [2.75, 3.05) is 6.54 Å². The van der Waals surface area contributed by atoms with Gasteiger partial charge >= 0.3 is 0 Å². The lowest BCUT2D eigenvalue weighted by Gasteiger charge is -2.14. The number of guanidine groups is 1. The minimum absolute atomic E-state index is 0.0537. The Kier molecular flexibility index (Phi) is 6.31. The van der Waals surface area contributed by atoms with Gasteiger partial charge in [0.1, 0.15) is 10.8 Å². The molecule has 0 fully saturated rings. The molecule has 130 valence electrons. The first-order valence-corrected chi connectivity index (χ1v) is 8.98. The third-order valence-corrected chi connectivity index (χ3v) is 4.29. The van der Waals surface area contributed by atoms with Crippen molar-refractivity contribution in [3.63, 3.8) is 0 Å². The Morgan fingerprint density at radius 2 is 2.00 bits per heavy atom. The van der Waals surface area contributed by atoms with E-state index in [9.17, 15) is 4.39 Å². The summed E-state index contributed by atoms with van der Waals surface area (Å²) in [6.07, 6.45) is 0. The van der Waals surface area contributed by atoms with E-state index >= 15 is 0 Å². The molecule has 4 nitrogen and oxygen atoms in total. The lowest BCUT2D eigenvalue weighted by Crippen LogP contribution is -2.36. The summed E-state index contributed by atoms with van der Waals surface area (Å²) in [5.74, 6) is 0.431. The maximum Gasteiger partial charge on any atom is 0.191 e. The van der Waals surface area contributed by atoms with E-state index in [-0.39, 0.29) is 11.2 Å². The van der Waals surface area contributed by atoms with Gasteiger partial charge in [0.05, 0.1) is 18.8 Å². The predicted octanol–water partition coefficient (Wildman–Crippen LogP) is 3.84. The van der Waals surface area contributed by atoms with Crippen LogP contribution in [0, 0.1) is 5.82 Å². The van der Waals surface area contributed by atoms with Crippen LogP contribution in [0.15, 0.2) is 34.6 Å². The fourth-order valence-corrected chi connectivity index (χ4v) is 2.99. The van der Waals surface area contributed by atoms with Crippen molar-refractivity contribution in [2.24, 2.45) is 4.99 Å². The van der Waals surface area contributed by atoms with E-state index in [1.54, 1.807) is 23.5 Å². The molecular weight excluding hydrogens is 323 g/mol. The molecule has 0 bridgehead atoms. The summed E-state index contributed by atoms with van der Waals surface area (Å²) in [4.78, 5) is 9.11. The first-order valence-electron chi connectivity index (χ1n) is 8.10. The van der Waals surface area contributed by atoms with Crippen molar-refractivity contribution in [1.29, 1.82) is 0 Å². The summed E-state index contributed by atoms with van der Waals surface area (Å²) in [6.45, 7) is 10.1. The lowest BCUT2D eigenvalue weighted by molar-refractivity contribution is 0.570. The highest BCUT2D eigenvalue weighted by molar-refractivity contribution is 7.09. The zero-order valence-corrected chi connectivity index (χ0v) is 15.5. The van der Waals surface area contributed by atoms with Crippen LogP contribution in [-0.4, -0.2) is 17.5 Å². The van der Waals surface area contributed by atoms with Crippen LogP contribution in [-0.2, 0) is 18.5 Å². The first-order chi connectivity index (χ1) is 11.4. The first kappa shape index (κ1) is 18.4. The monoisotopic (exact) mass is 348 g/mol. The summed E-state index contributed by atoms with van der Waals surface area (Å²) in [7, 11) is 0. The van der Waals surface area contributed by atoms with E-state index < -0.39 is 0 Å².